The third-order valence-electron chi connectivity index (χ3n) is 4.17. The molecule has 0 saturated heterocycles. The first-order valence-corrected chi connectivity index (χ1v) is 8.98. The number of hydrogen-bond acceptors (Lipinski definition) is 5. The maximum absolute atomic E-state index is 13.2. The highest BCUT2D eigenvalue weighted by molar-refractivity contribution is 7.93. The molecule has 7 nitrogen and oxygen atoms in total. The number of nitrogens with zero attached hydrogens (tertiary/aromatic N) is 1. The van der Waals surface area contributed by atoms with Gasteiger partial charge in [0.1, 0.15) is 6.04 Å². The molecule has 1 atom stereocenters. The number of sulfonamides is 1. The fraction of sp³-hybridized carbons (Fsp3) is 0.235. The summed E-state index contributed by atoms with van der Waals surface area (Å²) in [6.07, 6.45) is 0.248. The van der Waals surface area contributed by atoms with Gasteiger partial charge in [-0.1, -0.05) is 18.2 Å². The average Bonchev–Trinajstić information content (AvgIpc) is 3.01. The van der Waals surface area contributed by atoms with E-state index in [1.54, 1.807) is 24.3 Å². The lowest BCUT2D eigenvalue weighted by atomic mass is 10.1. The minimum atomic E-state index is -4.01. The second kappa shape index (κ2) is 6.29. The first kappa shape index (κ1) is 17.1. The first-order valence-electron chi connectivity index (χ1n) is 7.54. The molecule has 3 rings (SSSR count). The van der Waals surface area contributed by atoms with Crippen molar-refractivity contribution >= 4 is 21.6 Å². The topological polar surface area (TPSA) is 98.9 Å². The number of para-hydroxylation sites is 1. The van der Waals surface area contributed by atoms with Gasteiger partial charge in [0, 0.05) is 12.5 Å². The normalized spacial score (nSPS) is 16.4. The number of carbonyl (C=O) groups is 1. The zero-order valence-electron chi connectivity index (χ0n) is 13.8. The lowest BCUT2D eigenvalue weighted by molar-refractivity contribution is -0.118. The van der Waals surface area contributed by atoms with Crippen molar-refractivity contribution < 1.29 is 22.7 Å². The fourth-order valence-electron chi connectivity index (χ4n) is 2.96. The van der Waals surface area contributed by atoms with Crippen LogP contribution in [0.15, 0.2) is 47.4 Å². The predicted molar refractivity (Wildman–Crippen MR) is 92.3 cm³/mol. The van der Waals surface area contributed by atoms with Gasteiger partial charge in [-0.05, 0) is 23.8 Å². The van der Waals surface area contributed by atoms with E-state index in [4.69, 9.17) is 15.2 Å². The summed E-state index contributed by atoms with van der Waals surface area (Å²) in [5.74, 6) is 0.00153. The van der Waals surface area contributed by atoms with Crippen LogP contribution in [0.4, 0.5) is 5.69 Å². The summed E-state index contributed by atoms with van der Waals surface area (Å²) in [6, 6.07) is 10.3. The molecule has 132 valence electrons. The Kier molecular flexibility index (Phi) is 4.30. The molecule has 1 aliphatic heterocycles. The van der Waals surface area contributed by atoms with Crippen LogP contribution in [0.2, 0.25) is 0 Å². The van der Waals surface area contributed by atoms with Gasteiger partial charge in [-0.2, -0.15) is 0 Å². The van der Waals surface area contributed by atoms with Gasteiger partial charge in [0.25, 0.3) is 10.0 Å². The maximum atomic E-state index is 13.2. The van der Waals surface area contributed by atoms with Gasteiger partial charge in [-0.25, -0.2) is 8.42 Å². The number of amides is 1. The van der Waals surface area contributed by atoms with E-state index in [9.17, 15) is 13.2 Å². The lowest BCUT2D eigenvalue weighted by Crippen LogP contribution is -2.45. The monoisotopic (exact) mass is 362 g/mol. The number of nitrogens with two attached hydrogens (primary N) is 1. The molecular formula is C17H18N2O5S. The van der Waals surface area contributed by atoms with Crippen molar-refractivity contribution in [1.82, 2.24) is 0 Å². The smallest absolute Gasteiger partial charge is 0.265 e. The van der Waals surface area contributed by atoms with Crippen molar-refractivity contribution in [3.05, 3.63) is 48.0 Å². The van der Waals surface area contributed by atoms with E-state index in [1.807, 2.05) is 0 Å². The number of anilines is 1. The van der Waals surface area contributed by atoms with Crippen LogP contribution in [0.3, 0.4) is 0 Å². The number of carbonyl (C=O) groups excluding carboxylic acids is 1. The van der Waals surface area contributed by atoms with Crippen molar-refractivity contribution in [3.63, 3.8) is 0 Å². The number of hydrogen-bond donors (Lipinski definition) is 1. The first-order chi connectivity index (χ1) is 11.9. The molecule has 0 spiro atoms. The summed E-state index contributed by atoms with van der Waals surface area (Å²) in [7, 11) is -1.12. The van der Waals surface area contributed by atoms with Gasteiger partial charge in [-0.3, -0.25) is 9.10 Å². The van der Waals surface area contributed by atoms with Gasteiger partial charge >= 0.3 is 0 Å². The van der Waals surface area contributed by atoms with Crippen LogP contribution in [0.1, 0.15) is 5.56 Å². The van der Waals surface area contributed by atoms with E-state index in [-0.39, 0.29) is 17.1 Å². The van der Waals surface area contributed by atoms with Crippen LogP contribution in [0.25, 0.3) is 0 Å². The van der Waals surface area contributed by atoms with Crippen molar-refractivity contribution in [2.75, 3.05) is 18.5 Å². The molecular weight excluding hydrogens is 344 g/mol. The Bertz CT molecular complexity index is 926. The molecule has 25 heavy (non-hydrogen) atoms. The van der Waals surface area contributed by atoms with Gasteiger partial charge < -0.3 is 15.2 Å². The molecule has 0 aromatic heterocycles. The van der Waals surface area contributed by atoms with Crippen molar-refractivity contribution in [3.8, 4) is 11.5 Å². The zero-order chi connectivity index (χ0) is 18.2. The number of fused-ring (bicyclic) bond motifs is 1. The van der Waals surface area contributed by atoms with Crippen molar-refractivity contribution in [1.29, 1.82) is 0 Å². The molecule has 0 fully saturated rings. The molecule has 1 heterocycles. The molecule has 2 N–H and O–H groups in total. The SMILES string of the molecule is COc1ccc(S(=O)(=O)N2c3ccccc3C[C@H]2C(N)=O)cc1OC. The Labute approximate surface area is 146 Å². The van der Waals surface area contributed by atoms with E-state index in [0.29, 0.717) is 11.4 Å². The summed E-state index contributed by atoms with van der Waals surface area (Å²) in [5.41, 5.74) is 6.67. The van der Waals surface area contributed by atoms with Crippen LogP contribution < -0.4 is 19.5 Å². The second-order valence-electron chi connectivity index (χ2n) is 5.57. The van der Waals surface area contributed by atoms with E-state index < -0.39 is 22.0 Å². The van der Waals surface area contributed by atoms with E-state index in [2.05, 4.69) is 0 Å². The second-order valence-corrected chi connectivity index (χ2v) is 7.38. The van der Waals surface area contributed by atoms with E-state index in [0.717, 1.165) is 9.87 Å². The highest BCUT2D eigenvalue weighted by atomic mass is 32.2. The van der Waals surface area contributed by atoms with Crippen LogP contribution in [-0.4, -0.2) is 34.6 Å². The number of primary amides is 1. The molecule has 1 amide bonds. The van der Waals surface area contributed by atoms with Crippen molar-refractivity contribution in [2.24, 2.45) is 5.73 Å². The van der Waals surface area contributed by atoms with Crippen LogP contribution in [0.5, 0.6) is 11.5 Å². The predicted octanol–water partition coefficient (Wildman–Crippen LogP) is 1.31. The molecule has 0 unspecified atom stereocenters. The third-order valence-corrected chi connectivity index (χ3v) is 5.98. The Balaban J connectivity index is 2.14. The van der Waals surface area contributed by atoms with Gasteiger partial charge in [0.05, 0.1) is 24.8 Å². The Morgan fingerprint density at radius 2 is 1.80 bits per heavy atom. The standard InChI is InChI=1S/C17H18N2O5S/c1-23-15-8-7-12(10-16(15)24-2)25(21,22)19-13-6-4-3-5-11(13)9-14(19)17(18)20/h3-8,10,14H,9H2,1-2H3,(H2,18,20)/t14-/m0/s1. The minimum absolute atomic E-state index is 0.00639. The highest BCUT2D eigenvalue weighted by Crippen LogP contribution is 2.38. The number of methoxy groups -OCH3 is 2. The average molecular weight is 362 g/mol. The van der Waals surface area contributed by atoms with Gasteiger partial charge in [0.2, 0.25) is 5.91 Å². The lowest BCUT2D eigenvalue weighted by Gasteiger charge is -2.25. The summed E-state index contributed by atoms with van der Waals surface area (Å²) in [6.45, 7) is 0. The third kappa shape index (κ3) is 2.78. The molecule has 0 saturated carbocycles. The summed E-state index contributed by atoms with van der Waals surface area (Å²) in [5, 5.41) is 0. The summed E-state index contributed by atoms with van der Waals surface area (Å²) >= 11 is 0. The Morgan fingerprint density at radius 3 is 2.44 bits per heavy atom. The minimum Gasteiger partial charge on any atom is -0.493 e. The van der Waals surface area contributed by atoms with Crippen molar-refractivity contribution in [2.45, 2.75) is 17.4 Å². The summed E-state index contributed by atoms with van der Waals surface area (Å²) in [4.78, 5) is 11.8. The number of rotatable bonds is 5. The maximum Gasteiger partial charge on any atom is 0.265 e. The van der Waals surface area contributed by atoms with Crippen LogP contribution >= 0.6 is 0 Å². The van der Waals surface area contributed by atoms with E-state index >= 15 is 0 Å². The quantitative estimate of drug-likeness (QED) is 0.865. The van der Waals surface area contributed by atoms with E-state index in [1.165, 1.54) is 32.4 Å². The Morgan fingerprint density at radius 1 is 1.12 bits per heavy atom. The number of ether oxygens (including phenoxy) is 2. The fourth-order valence-corrected chi connectivity index (χ4v) is 4.63. The molecule has 2 aromatic rings. The largest absolute Gasteiger partial charge is 0.493 e. The molecule has 2 aromatic carbocycles. The zero-order valence-corrected chi connectivity index (χ0v) is 14.6. The van der Waals surface area contributed by atoms with Crippen LogP contribution in [0, 0.1) is 0 Å². The summed E-state index contributed by atoms with van der Waals surface area (Å²) < 4.78 is 37.8. The molecule has 1 aliphatic rings. The molecule has 8 heteroatoms. The molecule has 0 radical (unpaired) electrons. The van der Waals surface area contributed by atoms with Crippen LogP contribution in [-0.2, 0) is 21.2 Å². The molecule has 0 bridgehead atoms. The van der Waals surface area contributed by atoms with Gasteiger partial charge in [-0.15, -0.1) is 0 Å². The number of benzene rings is 2. The van der Waals surface area contributed by atoms with Gasteiger partial charge in [0.15, 0.2) is 11.5 Å². The molecule has 0 aliphatic carbocycles. The highest BCUT2D eigenvalue weighted by Gasteiger charge is 2.41. The Hall–Kier alpha value is -2.74.